The van der Waals surface area contributed by atoms with Gasteiger partial charge in [-0.3, -0.25) is 4.68 Å². The molecule has 0 spiro atoms. The zero-order valence-electron chi connectivity index (χ0n) is 10.7. The van der Waals surface area contributed by atoms with Crippen LogP contribution in [0.3, 0.4) is 0 Å². The molecule has 5 nitrogen and oxygen atoms in total. The first-order valence-electron chi connectivity index (χ1n) is 6.47. The van der Waals surface area contributed by atoms with Crippen LogP contribution < -0.4 is 5.32 Å². The van der Waals surface area contributed by atoms with Crippen molar-refractivity contribution >= 4 is 0 Å². The van der Waals surface area contributed by atoms with E-state index >= 15 is 0 Å². The molecule has 1 aromatic rings. The summed E-state index contributed by atoms with van der Waals surface area (Å²) >= 11 is 0. The maximum Gasteiger partial charge on any atom is 0.151 e. The average molecular weight is 238 g/mol. The zero-order chi connectivity index (χ0) is 12.1. The highest BCUT2D eigenvalue weighted by atomic mass is 16.5. The summed E-state index contributed by atoms with van der Waals surface area (Å²) in [5.41, 5.74) is 0. The average Bonchev–Trinajstić information content (AvgIpc) is 2.75. The number of ether oxygens (including phenoxy) is 1. The lowest BCUT2D eigenvalue weighted by Crippen LogP contribution is -2.39. The fraction of sp³-hybridized carbons (Fsp3) is 0.833. The van der Waals surface area contributed by atoms with Crippen LogP contribution in [0.15, 0.2) is 6.33 Å². The van der Waals surface area contributed by atoms with Crippen molar-refractivity contribution < 1.29 is 4.74 Å². The Balaban J connectivity index is 1.68. The summed E-state index contributed by atoms with van der Waals surface area (Å²) in [6, 6.07) is 0.595. The van der Waals surface area contributed by atoms with Crippen LogP contribution >= 0.6 is 0 Å². The highest BCUT2D eigenvalue weighted by Crippen LogP contribution is 2.15. The first kappa shape index (κ1) is 12.5. The number of rotatable bonds is 5. The molecular weight excluding hydrogens is 216 g/mol. The maximum absolute atomic E-state index is 5.66. The van der Waals surface area contributed by atoms with Crippen molar-refractivity contribution in [2.75, 3.05) is 13.2 Å². The summed E-state index contributed by atoms with van der Waals surface area (Å²) in [7, 11) is 1.90. The van der Waals surface area contributed by atoms with E-state index < -0.39 is 0 Å². The van der Waals surface area contributed by atoms with Crippen molar-refractivity contribution in [3.8, 4) is 0 Å². The molecule has 1 fully saturated rings. The van der Waals surface area contributed by atoms with Gasteiger partial charge >= 0.3 is 0 Å². The molecule has 2 unspecified atom stereocenters. The Morgan fingerprint density at radius 1 is 1.59 bits per heavy atom. The predicted octanol–water partition coefficient (Wildman–Crippen LogP) is 0.905. The van der Waals surface area contributed by atoms with Gasteiger partial charge in [0.25, 0.3) is 0 Å². The Bertz CT molecular complexity index is 339. The lowest BCUT2D eigenvalue weighted by Gasteiger charge is -2.29. The summed E-state index contributed by atoms with van der Waals surface area (Å²) in [4.78, 5) is 4.22. The third-order valence-corrected chi connectivity index (χ3v) is 3.25. The molecule has 5 heteroatoms. The Hall–Kier alpha value is -0.940. The van der Waals surface area contributed by atoms with Crippen LogP contribution in [0.5, 0.6) is 0 Å². The van der Waals surface area contributed by atoms with Crippen LogP contribution in [-0.2, 0) is 18.2 Å². The Morgan fingerprint density at radius 2 is 2.47 bits per heavy atom. The molecule has 2 atom stereocenters. The zero-order valence-corrected chi connectivity index (χ0v) is 10.7. The Kier molecular flexibility index (Phi) is 4.50. The summed E-state index contributed by atoms with van der Waals surface area (Å²) in [6.07, 6.45) is 6.44. The third kappa shape index (κ3) is 3.78. The number of hydrogen-bond acceptors (Lipinski definition) is 4. The molecule has 2 rings (SSSR count). The highest BCUT2D eigenvalue weighted by Gasteiger charge is 2.20. The first-order valence-corrected chi connectivity index (χ1v) is 6.47. The molecule has 0 aromatic carbocycles. The van der Waals surface area contributed by atoms with Crippen LogP contribution in [0, 0.1) is 0 Å². The topological polar surface area (TPSA) is 52.0 Å². The number of nitrogens with one attached hydrogen (secondary N) is 1. The smallest absolute Gasteiger partial charge is 0.151 e. The van der Waals surface area contributed by atoms with Crippen LogP contribution in [0.4, 0.5) is 0 Å². The minimum Gasteiger partial charge on any atom is -0.378 e. The number of hydrogen-bond donors (Lipinski definition) is 1. The normalized spacial score (nSPS) is 25.1. The highest BCUT2D eigenvalue weighted by molar-refractivity contribution is 4.84. The van der Waals surface area contributed by atoms with Gasteiger partial charge in [-0.25, -0.2) is 4.98 Å². The molecule has 1 aromatic heterocycles. The fourth-order valence-corrected chi connectivity index (χ4v) is 2.24. The van der Waals surface area contributed by atoms with Gasteiger partial charge in [0.1, 0.15) is 6.33 Å². The van der Waals surface area contributed by atoms with E-state index in [0.717, 1.165) is 44.7 Å². The van der Waals surface area contributed by atoms with E-state index in [0.29, 0.717) is 12.1 Å². The van der Waals surface area contributed by atoms with Gasteiger partial charge in [0.05, 0.1) is 6.10 Å². The van der Waals surface area contributed by atoms with E-state index in [4.69, 9.17) is 4.74 Å². The molecule has 1 saturated heterocycles. The molecule has 0 radical (unpaired) electrons. The van der Waals surface area contributed by atoms with E-state index in [1.54, 1.807) is 11.0 Å². The molecule has 0 amide bonds. The van der Waals surface area contributed by atoms with Gasteiger partial charge in [-0.05, 0) is 19.3 Å². The molecule has 0 aliphatic carbocycles. The lowest BCUT2D eigenvalue weighted by atomic mass is 10.0. The van der Waals surface area contributed by atoms with Gasteiger partial charge in [-0.2, -0.15) is 5.10 Å². The largest absolute Gasteiger partial charge is 0.378 e. The van der Waals surface area contributed by atoms with Gasteiger partial charge in [-0.15, -0.1) is 0 Å². The van der Waals surface area contributed by atoms with Gasteiger partial charge in [0.2, 0.25) is 0 Å². The second-order valence-corrected chi connectivity index (χ2v) is 4.66. The van der Waals surface area contributed by atoms with Crippen molar-refractivity contribution in [1.29, 1.82) is 0 Å². The van der Waals surface area contributed by atoms with E-state index in [-0.39, 0.29) is 0 Å². The van der Waals surface area contributed by atoms with Crippen LogP contribution in [-0.4, -0.2) is 40.1 Å². The molecule has 1 aliphatic heterocycles. The van der Waals surface area contributed by atoms with Crippen LogP contribution in [0.2, 0.25) is 0 Å². The number of nitrogens with zero attached hydrogens (tertiary/aromatic N) is 3. The van der Waals surface area contributed by atoms with E-state index in [9.17, 15) is 0 Å². The van der Waals surface area contributed by atoms with E-state index in [2.05, 4.69) is 22.3 Å². The quantitative estimate of drug-likeness (QED) is 0.828. The van der Waals surface area contributed by atoms with Gasteiger partial charge in [0.15, 0.2) is 5.82 Å². The van der Waals surface area contributed by atoms with Crippen molar-refractivity contribution in [2.45, 2.75) is 44.8 Å². The van der Waals surface area contributed by atoms with Gasteiger partial charge in [-0.1, -0.05) is 6.92 Å². The third-order valence-electron chi connectivity index (χ3n) is 3.25. The van der Waals surface area contributed by atoms with E-state index in [1.807, 2.05) is 7.05 Å². The SMILES string of the molecule is CCC1CC(NCCc2ncn(C)n2)CCO1. The molecule has 0 bridgehead atoms. The molecule has 17 heavy (non-hydrogen) atoms. The van der Waals surface area contributed by atoms with Crippen molar-refractivity contribution in [1.82, 2.24) is 20.1 Å². The summed E-state index contributed by atoms with van der Waals surface area (Å²) in [5.74, 6) is 0.916. The summed E-state index contributed by atoms with van der Waals surface area (Å²) in [6.45, 7) is 4.02. The maximum atomic E-state index is 5.66. The molecule has 96 valence electrons. The van der Waals surface area contributed by atoms with Crippen molar-refractivity contribution in [2.24, 2.45) is 7.05 Å². The molecular formula is C12H22N4O. The van der Waals surface area contributed by atoms with Gasteiger partial charge < -0.3 is 10.1 Å². The second-order valence-electron chi connectivity index (χ2n) is 4.66. The second kappa shape index (κ2) is 6.12. The molecule has 1 N–H and O–H groups in total. The summed E-state index contributed by atoms with van der Waals surface area (Å²) in [5, 5.41) is 7.84. The minimum absolute atomic E-state index is 0.439. The van der Waals surface area contributed by atoms with Crippen LogP contribution in [0.1, 0.15) is 32.0 Å². The summed E-state index contributed by atoms with van der Waals surface area (Å²) < 4.78 is 7.40. The monoisotopic (exact) mass is 238 g/mol. The molecule has 2 heterocycles. The van der Waals surface area contributed by atoms with E-state index in [1.165, 1.54) is 0 Å². The number of aromatic nitrogens is 3. The van der Waals surface area contributed by atoms with Crippen LogP contribution in [0.25, 0.3) is 0 Å². The van der Waals surface area contributed by atoms with Crippen molar-refractivity contribution in [3.63, 3.8) is 0 Å². The minimum atomic E-state index is 0.439. The standard InChI is InChI=1S/C12H22N4O/c1-3-11-8-10(5-7-17-11)13-6-4-12-14-9-16(2)15-12/h9-11,13H,3-8H2,1-2H3. The number of aryl methyl sites for hydroxylation is 1. The van der Waals surface area contributed by atoms with Gasteiger partial charge in [0, 0.05) is 32.7 Å². The molecule has 0 saturated carbocycles. The lowest BCUT2D eigenvalue weighted by molar-refractivity contribution is 0.0000992. The Labute approximate surface area is 103 Å². The Morgan fingerprint density at radius 3 is 3.18 bits per heavy atom. The fourth-order valence-electron chi connectivity index (χ4n) is 2.24. The first-order chi connectivity index (χ1) is 8.28. The van der Waals surface area contributed by atoms with Crippen molar-refractivity contribution in [3.05, 3.63) is 12.2 Å². The molecule has 1 aliphatic rings. The predicted molar refractivity (Wildman–Crippen MR) is 65.8 cm³/mol.